The van der Waals surface area contributed by atoms with E-state index >= 15 is 0 Å². The topological polar surface area (TPSA) is 75.3 Å². The summed E-state index contributed by atoms with van der Waals surface area (Å²) in [5, 5.41) is 2.77. The molecule has 2 aromatic rings. The van der Waals surface area contributed by atoms with E-state index in [-0.39, 0.29) is 23.4 Å². The SMILES string of the molecule is Cc1cccc(CNS(=O)(=O)c2ccc(C(=O)NC(C)C)cc2)c1. The van der Waals surface area contributed by atoms with Crippen LogP contribution in [0.3, 0.4) is 0 Å². The molecule has 1 amide bonds. The highest BCUT2D eigenvalue weighted by Gasteiger charge is 2.15. The van der Waals surface area contributed by atoms with E-state index in [1.165, 1.54) is 24.3 Å². The Morgan fingerprint density at radius 2 is 1.75 bits per heavy atom. The van der Waals surface area contributed by atoms with Crippen LogP contribution in [0, 0.1) is 6.92 Å². The van der Waals surface area contributed by atoms with Crippen molar-refractivity contribution in [2.45, 2.75) is 38.3 Å². The smallest absolute Gasteiger partial charge is 0.251 e. The molecule has 0 radical (unpaired) electrons. The van der Waals surface area contributed by atoms with Gasteiger partial charge in [0.25, 0.3) is 5.91 Å². The number of nitrogens with one attached hydrogen (secondary N) is 2. The Bertz CT molecular complexity index is 812. The molecule has 24 heavy (non-hydrogen) atoms. The number of benzene rings is 2. The van der Waals surface area contributed by atoms with Gasteiger partial charge in [0, 0.05) is 18.2 Å². The van der Waals surface area contributed by atoms with E-state index in [1.54, 1.807) is 0 Å². The summed E-state index contributed by atoms with van der Waals surface area (Å²) in [6.07, 6.45) is 0. The average Bonchev–Trinajstić information content (AvgIpc) is 2.53. The van der Waals surface area contributed by atoms with Crippen molar-refractivity contribution in [2.24, 2.45) is 0 Å². The van der Waals surface area contributed by atoms with Gasteiger partial charge in [0.1, 0.15) is 0 Å². The average molecular weight is 346 g/mol. The molecular weight excluding hydrogens is 324 g/mol. The van der Waals surface area contributed by atoms with Crippen molar-refractivity contribution in [1.29, 1.82) is 0 Å². The van der Waals surface area contributed by atoms with E-state index < -0.39 is 10.0 Å². The fourth-order valence-corrected chi connectivity index (χ4v) is 3.23. The van der Waals surface area contributed by atoms with Crippen LogP contribution in [-0.4, -0.2) is 20.4 Å². The summed E-state index contributed by atoms with van der Waals surface area (Å²) in [5.74, 6) is -0.221. The van der Waals surface area contributed by atoms with Gasteiger partial charge in [-0.1, -0.05) is 29.8 Å². The van der Waals surface area contributed by atoms with Gasteiger partial charge < -0.3 is 5.32 Å². The molecule has 0 spiro atoms. The first kappa shape index (κ1) is 18.2. The number of hydrogen-bond acceptors (Lipinski definition) is 3. The van der Waals surface area contributed by atoms with E-state index in [2.05, 4.69) is 10.0 Å². The van der Waals surface area contributed by atoms with Gasteiger partial charge in [-0.05, 0) is 50.6 Å². The third kappa shape index (κ3) is 4.91. The second kappa shape index (κ2) is 7.59. The summed E-state index contributed by atoms with van der Waals surface area (Å²) in [7, 11) is -3.62. The lowest BCUT2D eigenvalue weighted by Gasteiger charge is -2.10. The van der Waals surface area contributed by atoms with E-state index in [0.29, 0.717) is 5.56 Å². The molecule has 0 heterocycles. The zero-order valence-corrected chi connectivity index (χ0v) is 14.9. The van der Waals surface area contributed by atoms with Crippen molar-refractivity contribution in [2.75, 3.05) is 0 Å². The van der Waals surface area contributed by atoms with Gasteiger partial charge in [-0.25, -0.2) is 13.1 Å². The highest BCUT2D eigenvalue weighted by atomic mass is 32.2. The molecule has 5 nitrogen and oxygen atoms in total. The Balaban J connectivity index is 2.08. The van der Waals surface area contributed by atoms with Crippen LogP contribution in [0.25, 0.3) is 0 Å². The third-order valence-corrected chi connectivity index (χ3v) is 4.81. The Morgan fingerprint density at radius 3 is 2.33 bits per heavy atom. The van der Waals surface area contributed by atoms with E-state index in [4.69, 9.17) is 0 Å². The van der Waals surface area contributed by atoms with Crippen molar-refractivity contribution in [3.63, 3.8) is 0 Å². The highest BCUT2D eigenvalue weighted by molar-refractivity contribution is 7.89. The maximum Gasteiger partial charge on any atom is 0.251 e. The van der Waals surface area contributed by atoms with Gasteiger partial charge in [-0.3, -0.25) is 4.79 Å². The monoisotopic (exact) mass is 346 g/mol. The molecule has 0 unspecified atom stereocenters. The molecule has 128 valence electrons. The molecule has 2 N–H and O–H groups in total. The molecule has 0 saturated heterocycles. The molecule has 2 rings (SSSR count). The van der Waals surface area contributed by atoms with E-state index in [9.17, 15) is 13.2 Å². The number of sulfonamides is 1. The van der Waals surface area contributed by atoms with Crippen LogP contribution in [-0.2, 0) is 16.6 Å². The second-order valence-corrected chi connectivity index (χ2v) is 7.73. The molecule has 6 heteroatoms. The lowest BCUT2D eigenvalue weighted by molar-refractivity contribution is 0.0943. The minimum atomic E-state index is -3.62. The quantitative estimate of drug-likeness (QED) is 0.844. The first-order valence-corrected chi connectivity index (χ1v) is 9.22. The maximum absolute atomic E-state index is 12.3. The number of carbonyl (C=O) groups is 1. The van der Waals surface area contributed by atoms with Crippen LogP contribution >= 0.6 is 0 Å². The summed E-state index contributed by atoms with van der Waals surface area (Å²) in [6.45, 7) is 5.91. The fourth-order valence-electron chi connectivity index (χ4n) is 2.21. The summed E-state index contributed by atoms with van der Waals surface area (Å²) in [6, 6.07) is 13.6. The van der Waals surface area contributed by atoms with Crippen molar-refractivity contribution in [1.82, 2.24) is 10.0 Å². The highest BCUT2D eigenvalue weighted by Crippen LogP contribution is 2.12. The number of aryl methyl sites for hydroxylation is 1. The van der Waals surface area contributed by atoms with Crippen LogP contribution in [0.4, 0.5) is 0 Å². The Kier molecular flexibility index (Phi) is 5.75. The molecule has 0 bridgehead atoms. The third-order valence-electron chi connectivity index (χ3n) is 3.40. The molecule has 2 aromatic carbocycles. The molecule has 0 aliphatic rings. The molecule has 0 fully saturated rings. The molecule has 0 aromatic heterocycles. The first-order chi connectivity index (χ1) is 11.3. The second-order valence-electron chi connectivity index (χ2n) is 5.97. The maximum atomic E-state index is 12.3. The van der Waals surface area contributed by atoms with Crippen molar-refractivity contribution >= 4 is 15.9 Å². The molecular formula is C18H22N2O3S. The Hall–Kier alpha value is -2.18. The lowest BCUT2D eigenvalue weighted by Crippen LogP contribution is -2.30. The minimum Gasteiger partial charge on any atom is -0.350 e. The van der Waals surface area contributed by atoms with Gasteiger partial charge in [-0.2, -0.15) is 0 Å². The van der Waals surface area contributed by atoms with Crippen molar-refractivity contribution < 1.29 is 13.2 Å². The minimum absolute atomic E-state index is 0.0249. The number of amides is 1. The van der Waals surface area contributed by atoms with E-state index in [1.807, 2.05) is 45.0 Å². The van der Waals surface area contributed by atoms with Gasteiger partial charge in [0.2, 0.25) is 10.0 Å². The van der Waals surface area contributed by atoms with Crippen molar-refractivity contribution in [3.8, 4) is 0 Å². The number of rotatable bonds is 6. The Morgan fingerprint density at radius 1 is 1.08 bits per heavy atom. The van der Waals surface area contributed by atoms with Crippen molar-refractivity contribution in [3.05, 3.63) is 65.2 Å². The van der Waals surface area contributed by atoms with Gasteiger partial charge in [0.15, 0.2) is 0 Å². The lowest BCUT2D eigenvalue weighted by atomic mass is 10.1. The standard InChI is InChI=1S/C18H22N2O3S/c1-13(2)20-18(21)16-7-9-17(10-8-16)24(22,23)19-12-15-6-4-5-14(3)11-15/h4-11,13,19H,12H2,1-3H3,(H,20,21). The molecule has 0 aliphatic carbocycles. The largest absolute Gasteiger partial charge is 0.350 e. The molecule has 0 atom stereocenters. The van der Waals surface area contributed by atoms with Gasteiger partial charge in [0.05, 0.1) is 4.90 Å². The number of carbonyl (C=O) groups excluding carboxylic acids is 1. The summed E-state index contributed by atoms with van der Waals surface area (Å²) < 4.78 is 27.2. The normalized spacial score (nSPS) is 11.5. The predicted octanol–water partition coefficient (Wildman–Crippen LogP) is 2.61. The predicted molar refractivity (Wildman–Crippen MR) is 94.2 cm³/mol. The summed E-state index contributed by atoms with van der Waals surface area (Å²) >= 11 is 0. The zero-order chi connectivity index (χ0) is 17.7. The summed E-state index contributed by atoms with van der Waals surface area (Å²) in [5.41, 5.74) is 2.40. The van der Waals surface area contributed by atoms with E-state index in [0.717, 1.165) is 11.1 Å². The molecule has 0 saturated carbocycles. The zero-order valence-electron chi connectivity index (χ0n) is 14.0. The Labute approximate surface area is 143 Å². The summed E-state index contributed by atoms with van der Waals surface area (Å²) in [4.78, 5) is 12.0. The first-order valence-electron chi connectivity index (χ1n) is 7.74. The van der Waals surface area contributed by atoms with Gasteiger partial charge in [-0.15, -0.1) is 0 Å². The van der Waals surface area contributed by atoms with Crippen LogP contribution in [0.5, 0.6) is 0 Å². The van der Waals surface area contributed by atoms with Crippen LogP contribution in [0.1, 0.15) is 35.3 Å². The van der Waals surface area contributed by atoms with Crippen LogP contribution < -0.4 is 10.0 Å². The van der Waals surface area contributed by atoms with Gasteiger partial charge >= 0.3 is 0 Å². The van der Waals surface area contributed by atoms with Crippen LogP contribution in [0.2, 0.25) is 0 Å². The molecule has 0 aliphatic heterocycles. The fraction of sp³-hybridized carbons (Fsp3) is 0.278. The van der Waals surface area contributed by atoms with Crippen LogP contribution in [0.15, 0.2) is 53.4 Å². The number of hydrogen-bond donors (Lipinski definition) is 2.